The van der Waals surface area contributed by atoms with Gasteiger partial charge in [0.2, 0.25) is 0 Å². The van der Waals surface area contributed by atoms with Gasteiger partial charge in [-0.05, 0) is 112 Å². The van der Waals surface area contributed by atoms with Gasteiger partial charge in [0.1, 0.15) is 11.5 Å². The second kappa shape index (κ2) is 10.6. The van der Waals surface area contributed by atoms with E-state index in [4.69, 9.17) is 21.9 Å². The first-order valence-corrected chi connectivity index (χ1v) is 13.9. The van der Waals surface area contributed by atoms with Crippen molar-refractivity contribution in [3.8, 4) is 17.2 Å². The van der Waals surface area contributed by atoms with Crippen molar-refractivity contribution in [3.63, 3.8) is 0 Å². The molecule has 1 saturated heterocycles. The molecule has 0 bridgehead atoms. The van der Waals surface area contributed by atoms with Crippen molar-refractivity contribution in [3.05, 3.63) is 137 Å². The van der Waals surface area contributed by atoms with E-state index >= 15 is 0 Å². The number of para-hydroxylation sites is 1. The maximum absolute atomic E-state index is 6.10. The van der Waals surface area contributed by atoms with Crippen LogP contribution in [0.5, 0.6) is 11.5 Å². The van der Waals surface area contributed by atoms with Crippen molar-refractivity contribution in [1.82, 2.24) is 14.9 Å². The molecule has 3 aromatic carbocycles. The van der Waals surface area contributed by atoms with Gasteiger partial charge in [0.25, 0.3) is 0 Å². The molecule has 2 atom stereocenters. The molecule has 0 aliphatic carbocycles. The molecule has 40 heavy (non-hydrogen) atoms. The number of nitrogens with zero attached hydrogens (tertiary/aromatic N) is 3. The third-order valence-electron chi connectivity index (χ3n) is 7.61. The summed E-state index contributed by atoms with van der Waals surface area (Å²) in [6.45, 7) is 8.59. The lowest BCUT2D eigenvalue weighted by atomic mass is 9.96. The van der Waals surface area contributed by atoms with Crippen LogP contribution in [0.3, 0.4) is 0 Å². The molecule has 1 aliphatic rings. The topological polar surface area (TPSA) is 42.3 Å². The van der Waals surface area contributed by atoms with Gasteiger partial charge in [-0.1, -0.05) is 42.0 Å². The number of anilines is 1. The van der Waals surface area contributed by atoms with Gasteiger partial charge in [0.15, 0.2) is 5.11 Å². The van der Waals surface area contributed by atoms with Gasteiger partial charge in [0.05, 0.1) is 17.8 Å². The highest BCUT2D eigenvalue weighted by Crippen LogP contribution is 2.44. The smallest absolute Gasteiger partial charge is 0.174 e. The Hall–Kier alpha value is -4.42. The number of aryl methyl sites for hydroxylation is 3. The van der Waals surface area contributed by atoms with Crippen LogP contribution in [0.25, 0.3) is 5.69 Å². The molecule has 2 aromatic heterocycles. The van der Waals surface area contributed by atoms with Gasteiger partial charge in [-0.15, -0.1) is 0 Å². The van der Waals surface area contributed by atoms with E-state index in [9.17, 15) is 0 Å². The zero-order valence-corrected chi connectivity index (χ0v) is 23.9. The molecule has 0 spiro atoms. The SMILES string of the molecule is Cc1ccc(Oc2ccc(N3C(=S)N[C@@H](c4ccccn4)[C@H]3c3cc(C)n(-c4ccccc4C)c3C)cc2)cc1. The molecule has 0 amide bonds. The zero-order valence-electron chi connectivity index (χ0n) is 23.1. The average molecular weight is 545 g/mol. The van der Waals surface area contributed by atoms with Gasteiger partial charge in [-0.25, -0.2) is 0 Å². The number of thiocarbonyl (C=S) groups is 1. The first kappa shape index (κ1) is 25.8. The molecule has 1 N–H and O–H groups in total. The fourth-order valence-electron chi connectivity index (χ4n) is 5.64. The number of rotatable bonds is 6. The van der Waals surface area contributed by atoms with Crippen LogP contribution in [0.4, 0.5) is 5.69 Å². The van der Waals surface area contributed by atoms with Crippen LogP contribution >= 0.6 is 12.2 Å². The number of pyridine rings is 1. The summed E-state index contributed by atoms with van der Waals surface area (Å²) in [6.07, 6.45) is 1.84. The highest BCUT2D eigenvalue weighted by atomic mass is 32.1. The van der Waals surface area contributed by atoms with Crippen molar-refractivity contribution >= 4 is 23.0 Å². The number of hydrogen-bond acceptors (Lipinski definition) is 3. The lowest BCUT2D eigenvalue weighted by Crippen LogP contribution is -2.29. The fraction of sp³-hybridized carbons (Fsp3) is 0.176. The lowest BCUT2D eigenvalue weighted by molar-refractivity contribution is 0.482. The van der Waals surface area contributed by atoms with E-state index in [1.54, 1.807) is 0 Å². The number of benzene rings is 3. The van der Waals surface area contributed by atoms with Gasteiger partial charge < -0.3 is 19.5 Å². The average Bonchev–Trinajstić information content (AvgIpc) is 3.46. The summed E-state index contributed by atoms with van der Waals surface area (Å²) in [5.41, 5.74) is 9.16. The molecule has 5 nitrogen and oxygen atoms in total. The van der Waals surface area contributed by atoms with E-state index in [-0.39, 0.29) is 12.1 Å². The second-order valence-corrected chi connectivity index (χ2v) is 10.7. The van der Waals surface area contributed by atoms with Gasteiger partial charge >= 0.3 is 0 Å². The molecular weight excluding hydrogens is 512 g/mol. The summed E-state index contributed by atoms with van der Waals surface area (Å²) in [4.78, 5) is 6.94. The minimum absolute atomic E-state index is 0.0877. The van der Waals surface area contributed by atoms with Crippen LogP contribution in [-0.4, -0.2) is 14.7 Å². The molecule has 1 fully saturated rings. The lowest BCUT2D eigenvalue weighted by Gasteiger charge is -2.28. The van der Waals surface area contributed by atoms with Crippen LogP contribution in [0, 0.1) is 27.7 Å². The van der Waals surface area contributed by atoms with Crippen molar-refractivity contribution in [2.45, 2.75) is 39.8 Å². The maximum atomic E-state index is 6.10. The molecule has 5 aromatic rings. The van der Waals surface area contributed by atoms with Crippen molar-refractivity contribution in [1.29, 1.82) is 0 Å². The van der Waals surface area contributed by atoms with Crippen LogP contribution < -0.4 is 15.0 Å². The minimum atomic E-state index is -0.108. The first-order chi connectivity index (χ1) is 19.4. The van der Waals surface area contributed by atoms with E-state index in [1.165, 1.54) is 33.8 Å². The molecule has 3 heterocycles. The predicted molar refractivity (Wildman–Crippen MR) is 166 cm³/mol. The second-order valence-electron chi connectivity index (χ2n) is 10.4. The Kier molecular flexibility index (Phi) is 6.86. The van der Waals surface area contributed by atoms with E-state index in [0.29, 0.717) is 5.11 Å². The Morgan fingerprint density at radius 3 is 2.15 bits per heavy atom. The summed E-state index contributed by atoms with van der Waals surface area (Å²) in [6, 6.07) is 32.9. The van der Waals surface area contributed by atoms with Gasteiger partial charge in [0, 0.05) is 29.0 Å². The number of hydrogen-bond donors (Lipinski definition) is 1. The quantitative estimate of drug-likeness (QED) is 0.219. The van der Waals surface area contributed by atoms with E-state index in [0.717, 1.165) is 22.9 Å². The van der Waals surface area contributed by atoms with Crippen molar-refractivity contribution in [2.75, 3.05) is 4.90 Å². The largest absolute Gasteiger partial charge is 0.457 e. The van der Waals surface area contributed by atoms with Crippen molar-refractivity contribution < 1.29 is 4.74 Å². The van der Waals surface area contributed by atoms with Crippen LogP contribution in [0.15, 0.2) is 103 Å². The molecular formula is C34H32N4OS. The summed E-state index contributed by atoms with van der Waals surface area (Å²) in [7, 11) is 0. The molecule has 0 radical (unpaired) electrons. The molecule has 6 rings (SSSR count). The van der Waals surface area contributed by atoms with E-state index < -0.39 is 0 Å². The summed E-state index contributed by atoms with van der Waals surface area (Å²) >= 11 is 5.97. The van der Waals surface area contributed by atoms with Gasteiger partial charge in [-0.3, -0.25) is 4.98 Å². The first-order valence-electron chi connectivity index (χ1n) is 13.5. The monoisotopic (exact) mass is 544 g/mol. The van der Waals surface area contributed by atoms with Crippen LogP contribution in [-0.2, 0) is 0 Å². The molecule has 1 aliphatic heterocycles. The molecule has 0 unspecified atom stereocenters. The molecule has 6 heteroatoms. The summed E-state index contributed by atoms with van der Waals surface area (Å²) in [5.74, 6) is 1.59. The van der Waals surface area contributed by atoms with E-state index in [1.807, 2.05) is 54.7 Å². The Morgan fingerprint density at radius 1 is 0.800 bits per heavy atom. The highest BCUT2D eigenvalue weighted by Gasteiger charge is 2.42. The van der Waals surface area contributed by atoms with Crippen molar-refractivity contribution in [2.24, 2.45) is 0 Å². The Morgan fingerprint density at radius 2 is 1.48 bits per heavy atom. The summed E-state index contributed by atoms with van der Waals surface area (Å²) < 4.78 is 8.44. The molecule has 200 valence electrons. The maximum Gasteiger partial charge on any atom is 0.174 e. The number of nitrogens with one attached hydrogen (secondary N) is 1. The van der Waals surface area contributed by atoms with Crippen LogP contribution in [0.2, 0.25) is 0 Å². The number of ether oxygens (including phenoxy) is 1. The van der Waals surface area contributed by atoms with Crippen LogP contribution in [0.1, 0.15) is 45.9 Å². The Labute approximate surface area is 241 Å². The Bertz CT molecular complexity index is 1660. The highest BCUT2D eigenvalue weighted by molar-refractivity contribution is 7.80. The van der Waals surface area contributed by atoms with Gasteiger partial charge in [-0.2, -0.15) is 0 Å². The zero-order chi connectivity index (χ0) is 27.8. The predicted octanol–water partition coefficient (Wildman–Crippen LogP) is 8.08. The normalized spacial score (nSPS) is 16.7. The van der Waals surface area contributed by atoms with E-state index in [2.05, 4.69) is 91.0 Å². The number of aromatic nitrogens is 2. The standard InChI is InChI=1S/C34H32N4OS/c1-22-12-16-27(17-13-22)39-28-18-14-26(15-19-28)38-33(32(36-34(38)40)30-10-7-8-20-35-30)29-21-24(3)37(25(29)4)31-11-6-5-9-23(31)2/h5-21,32-33H,1-4H3,(H,36,40)/t32-,33+/m0/s1. The fourth-order valence-corrected chi connectivity index (χ4v) is 5.98. The third kappa shape index (κ3) is 4.75. The summed E-state index contributed by atoms with van der Waals surface area (Å²) in [5, 5.41) is 4.26. The Balaban J connectivity index is 1.41. The third-order valence-corrected chi connectivity index (χ3v) is 7.93. The molecule has 0 saturated carbocycles. The minimum Gasteiger partial charge on any atom is -0.457 e.